The van der Waals surface area contributed by atoms with Gasteiger partial charge in [-0.15, -0.1) is 0 Å². The van der Waals surface area contributed by atoms with Gasteiger partial charge >= 0.3 is 0 Å². The summed E-state index contributed by atoms with van der Waals surface area (Å²) < 4.78 is 11.6. The third-order valence-corrected chi connectivity index (χ3v) is 4.29. The lowest BCUT2D eigenvalue weighted by molar-refractivity contribution is 0.120. The SMILES string of the molecule is CCC1CCCC(Oc2cc(OC)ccc2CCN)C1. The number of hydrogen-bond donors (Lipinski definition) is 1. The Kier molecular flexibility index (Phi) is 5.72. The van der Waals surface area contributed by atoms with Crippen molar-refractivity contribution in [1.29, 1.82) is 0 Å². The maximum absolute atomic E-state index is 6.28. The molecular formula is C17H27NO2. The minimum atomic E-state index is 0.345. The Labute approximate surface area is 122 Å². The van der Waals surface area contributed by atoms with Crippen molar-refractivity contribution in [3.63, 3.8) is 0 Å². The van der Waals surface area contributed by atoms with E-state index in [-0.39, 0.29) is 0 Å². The van der Waals surface area contributed by atoms with Gasteiger partial charge in [-0.05, 0) is 49.8 Å². The highest BCUT2D eigenvalue weighted by Crippen LogP contribution is 2.32. The van der Waals surface area contributed by atoms with Crippen molar-refractivity contribution in [1.82, 2.24) is 0 Å². The van der Waals surface area contributed by atoms with Gasteiger partial charge < -0.3 is 15.2 Å². The van der Waals surface area contributed by atoms with Gasteiger partial charge in [-0.1, -0.05) is 25.8 Å². The summed E-state index contributed by atoms with van der Waals surface area (Å²) in [4.78, 5) is 0. The highest BCUT2D eigenvalue weighted by molar-refractivity contribution is 5.41. The van der Waals surface area contributed by atoms with Crippen LogP contribution in [0.4, 0.5) is 0 Å². The molecule has 3 heteroatoms. The van der Waals surface area contributed by atoms with Crippen molar-refractivity contribution in [2.45, 2.75) is 51.6 Å². The molecule has 0 bridgehead atoms. The molecule has 0 amide bonds. The monoisotopic (exact) mass is 277 g/mol. The molecule has 1 aliphatic carbocycles. The zero-order valence-corrected chi connectivity index (χ0v) is 12.7. The molecule has 1 saturated carbocycles. The Morgan fingerprint density at radius 2 is 2.15 bits per heavy atom. The van der Waals surface area contributed by atoms with Crippen molar-refractivity contribution in [2.75, 3.05) is 13.7 Å². The lowest BCUT2D eigenvalue weighted by atomic mass is 9.85. The Balaban J connectivity index is 2.09. The molecule has 0 spiro atoms. The van der Waals surface area contributed by atoms with Gasteiger partial charge in [0.25, 0.3) is 0 Å². The average molecular weight is 277 g/mol. The summed E-state index contributed by atoms with van der Waals surface area (Å²) in [6.45, 7) is 2.92. The zero-order valence-electron chi connectivity index (χ0n) is 12.7. The summed E-state index contributed by atoms with van der Waals surface area (Å²) in [7, 11) is 1.69. The van der Waals surface area contributed by atoms with E-state index in [1.807, 2.05) is 12.1 Å². The minimum Gasteiger partial charge on any atom is -0.497 e. The van der Waals surface area contributed by atoms with Crippen molar-refractivity contribution in [3.05, 3.63) is 23.8 Å². The van der Waals surface area contributed by atoms with Crippen LogP contribution in [0.15, 0.2) is 18.2 Å². The summed E-state index contributed by atoms with van der Waals surface area (Å²) in [6, 6.07) is 6.05. The van der Waals surface area contributed by atoms with Crippen LogP contribution in [0.2, 0.25) is 0 Å². The second kappa shape index (κ2) is 7.53. The van der Waals surface area contributed by atoms with Gasteiger partial charge in [0, 0.05) is 6.07 Å². The Hall–Kier alpha value is -1.22. The number of methoxy groups -OCH3 is 1. The molecule has 1 fully saturated rings. The van der Waals surface area contributed by atoms with E-state index < -0.39 is 0 Å². The van der Waals surface area contributed by atoms with Crippen LogP contribution >= 0.6 is 0 Å². The predicted molar refractivity (Wildman–Crippen MR) is 82.4 cm³/mol. The highest BCUT2D eigenvalue weighted by atomic mass is 16.5. The predicted octanol–water partition coefficient (Wildman–Crippen LogP) is 3.54. The Morgan fingerprint density at radius 3 is 2.85 bits per heavy atom. The molecule has 2 atom stereocenters. The maximum atomic E-state index is 6.28. The van der Waals surface area contributed by atoms with Gasteiger partial charge in [0.1, 0.15) is 11.5 Å². The number of benzene rings is 1. The second-order valence-electron chi connectivity index (χ2n) is 5.69. The summed E-state index contributed by atoms with van der Waals surface area (Å²) in [6.07, 6.45) is 7.42. The smallest absolute Gasteiger partial charge is 0.126 e. The van der Waals surface area contributed by atoms with Gasteiger partial charge in [-0.25, -0.2) is 0 Å². The normalized spacial score (nSPS) is 22.6. The molecule has 1 aliphatic rings. The Bertz CT molecular complexity index is 419. The minimum absolute atomic E-state index is 0.345. The van der Waals surface area contributed by atoms with Crippen LogP contribution in [0.1, 0.15) is 44.6 Å². The van der Waals surface area contributed by atoms with Gasteiger partial charge in [0.05, 0.1) is 13.2 Å². The van der Waals surface area contributed by atoms with Crippen molar-refractivity contribution in [2.24, 2.45) is 11.7 Å². The van der Waals surface area contributed by atoms with E-state index in [1.54, 1.807) is 7.11 Å². The largest absolute Gasteiger partial charge is 0.497 e. The molecule has 112 valence electrons. The van der Waals surface area contributed by atoms with Crippen LogP contribution in [-0.2, 0) is 6.42 Å². The van der Waals surface area contributed by atoms with E-state index in [4.69, 9.17) is 15.2 Å². The fourth-order valence-electron chi connectivity index (χ4n) is 3.03. The van der Waals surface area contributed by atoms with Crippen LogP contribution in [0.25, 0.3) is 0 Å². The molecule has 0 radical (unpaired) electrons. The fraction of sp³-hybridized carbons (Fsp3) is 0.647. The first-order valence-corrected chi connectivity index (χ1v) is 7.80. The fourth-order valence-corrected chi connectivity index (χ4v) is 3.03. The molecule has 2 N–H and O–H groups in total. The summed E-state index contributed by atoms with van der Waals surface area (Å²) >= 11 is 0. The Morgan fingerprint density at radius 1 is 1.30 bits per heavy atom. The summed E-state index contributed by atoms with van der Waals surface area (Å²) in [5, 5.41) is 0. The molecule has 3 nitrogen and oxygen atoms in total. The molecule has 0 heterocycles. The van der Waals surface area contributed by atoms with Gasteiger partial charge in [0.15, 0.2) is 0 Å². The first kappa shape index (κ1) is 15.2. The van der Waals surface area contributed by atoms with E-state index in [2.05, 4.69) is 13.0 Å². The topological polar surface area (TPSA) is 44.5 Å². The quantitative estimate of drug-likeness (QED) is 0.865. The standard InChI is InChI=1S/C17H27NO2/c1-3-13-5-4-6-16(11-13)20-17-12-15(19-2)8-7-14(17)9-10-18/h7-8,12-13,16H,3-6,9-11,18H2,1-2H3. The van der Waals surface area contributed by atoms with Crippen LogP contribution in [0, 0.1) is 5.92 Å². The first-order valence-electron chi connectivity index (χ1n) is 7.80. The van der Waals surface area contributed by atoms with Crippen LogP contribution in [-0.4, -0.2) is 19.8 Å². The van der Waals surface area contributed by atoms with E-state index in [0.29, 0.717) is 12.6 Å². The third-order valence-electron chi connectivity index (χ3n) is 4.29. The molecule has 0 saturated heterocycles. The molecule has 1 aromatic rings. The van der Waals surface area contributed by atoms with Crippen molar-refractivity contribution >= 4 is 0 Å². The van der Waals surface area contributed by atoms with E-state index in [9.17, 15) is 0 Å². The van der Waals surface area contributed by atoms with E-state index in [0.717, 1.165) is 30.3 Å². The van der Waals surface area contributed by atoms with Gasteiger partial charge in [-0.3, -0.25) is 0 Å². The molecular weight excluding hydrogens is 250 g/mol. The molecule has 1 aromatic carbocycles. The average Bonchev–Trinajstić information content (AvgIpc) is 2.49. The van der Waals surface area contributed by atoms with Crippen molar-refractivity contribution in [3.8, 4) is 11.5 Å². The van der Waals surface area contributed by atoms with Crippen LogP contribution in [0.3, 0.4) is 0 Å². The number of nitrogens with two attached hydrogens (primary N) is 1. The van der Waals surface area contributed by atoms with Crippen LogP contribution < -0.4 is 15.2 Å². The molecule has 20 heavy (non-hydrogen) atoms. The number of hydrogen-bond acceptors (Lipinski definition) is 3. The highest BCUT2D eigenvalue weighted by Gasteiger charge is 2.22. The summed E-state index contributed by atoms with van der Waals surface area (Å²) in [5.74, 6) is 2.62. The second-order valence-corrected chi connectivity index (χ2v) is 5.69. The molecule has 2 unspecified atom stereocenters. The molecule has 2 rings (SSSR count). The first-order chi connectivity index (χ1) is 9.76. The summed E-state index contributed by atoms with van der Waals surface area (Å²) in [5.41, 5.74) is 6.88. The number of ether oxygens (including phenoxy) is 2. The lowest BCUT2D eigenvalue weighted by Gasteiger charge is -2.29. The van der Waals surface area contributed by atoms with Crippen LogP contribution in [0.5, 0.6) is 11.5 Å². The molecule has 0 aromatic heterocycles. The van der Waals surface area contributed by atoms with E-state index in [1.165, 1.54) is 31.2 Å². The van der Waals surface area contributed by atoms with Gasteiger partial charge in [-0.2, -0.15) is 0 Å². The lowest BCUT2D eigenvalue weighted by Crippen LogP contribution is -2.25. The maximum Gasteiger partial charge on any atom is 0.126 e. The van der Waals surface area contributed by atoms with Crippen molar-refractivity contribution < 1.29 is 9.47 Å². The third kappa shape index (κ3) is 3.89. The molecule has 0 aliphatic heterocycles. The van der Waals surface area contributed by atoms with Gasteiger partial charge in [0.2, 0.25) is 0 Å². The van der Waals surface area contributed by atoms with E-state index >= 15 is 0 Å². The zero-order chi connectivity index (χ0) is 14.4. The number of rotatable bonds is 6.